The van der Waals surface area contributed by atoms with Crippen LogP contribution >= 0.6 is 0 Å². The van der Waals surface area contributed by atoms with E-state index in [9.17, 15) is 4.79 Å². The molecule has 2 heterocycles. The SMILES string of the molecule is CCc1nnc2n1CCN(C(=O)[C@@H](C)COCc1ccccc1)C2. The molecule has 0 bridgehead atoms. The Hall–Kier alpha value is -2.21. The third-order valence-electron chi connectivity index (χ3n) is 4.36. The highest BCUT2D eigenvalue weighted by molar-refractivity contribution is 5.78. The van der Waals surface area contributed by atoms with Gasteiger partial charge in [0.05, 0.1) is 25.7 Å². The van der Waals surface area contributed by atoms with Gasteiger partial charge in [-0.3, -0.25) is 4.79 Å². The molecule has 0 N–H and O–H groups in total. The molecule has 0 radical (unpaired) electrons. The molecule has 3 rings (SSSR count). The highest BCUT2D eigenvalue weighted by Gasteiger charge is 2.27. The summed E-state index contributed by atoms with van der Waals surface area (Å²) in [5, 5.41) is 8.40. The van der Waals surface area contributed by atoms with Crippen molar-refractivity contribution in [2.24, 2.45) is 5.92 Å². The first-order valence-electron chi connectivity index (χ1n) is 8.50. The molecule has 0 unspecified atom stereocenters. The molecule has 2 aromatic rings. The van der Waals surface area contributed by atoms with Crippen molar-refractivity contribution in [1.29, 1.82) is 0 Å². The molecule has 6 nitrogen and oxygen atoms in total. The Morgan fingerprint density at radius 2 is 2.04 bits per heavy atom. The summed E-state index contributed by atoms with van der Waals surface area (Å²) < 4.78 is 7.83. The monoisotopic (exact) mass is 328 g/mol. The Kier molecular flexibility index (Phi) is 5.25. The lowest BCUT2D eigenvalue weighted by molar-refractivity contribution is -0.138. The number of benzene rings is 1. The van der Waals surface area contributed by atoms with Gasteiger partial charge in [-0.2, -0.15) is 0 Å². The fourth-order valence-electron chi connectivity index (χ4n) is 2.98. The fourth-order valence-corrected chi connectivity index (χ4v) is 2.98. The van der Waals surface area contributed by atoms with Crippen LogP contribution in [0, 0.1) is 5.92 Å². The van der Waals surface area contributed by atoms with E-state index in [0.29, 0.717) is 26.3 Å². The number of rotatable bonds is 6. The summed E-state index contributed by atoms with van der Waals surface area (Å²) in [5.41, 5.74) is 1.12. The van der Waals surface area contributed by atoms with Crippen LogP contribution in [0.2, 0.25) is 0 Å². The minimum Gasteiger partial charge on any atom is -0.376 e. The molecule has 1 aliphatic rings. The third kappa shape index (κ3) is 3.64. The van der Waals surface area contributed by atoms with Crippen LogP contribution in [0.5, 0.6) is 0 Å². The zero-order valence-corrected chi connectivity index (χ0v) is 14.3. The van der Waals surface area contributed by atoms with Crippen LogP contribution in [0.15, 0.2) is 30.3 Å². The van der Waals surface area contributed by atoms with Gasteiger partial charge in [0.1, 0.15) is 5.82 Å². The summed E-state index contributed by atoms with van der Waals surface area (Å²) in [6, 6.07) is 10.0. The maximum Gasteiger partial charge on any atom is 0.228 e. The van der Waals surface area contributed by atoms with Gasteiger partial charge in [-0.1, -0.05) is 44.2 Å². The van der Waals surface area contributed by atoms with Gasteiger partial charge in [0.15, 0.2) is 5.82 Å². The second-order valence-corrected chi connectivity index (χ2v) is 6.20. The Morgan fingerprint density at radius 3 is 2.79 bits per heavy atom. The van der Waals surface area contributed by atoms with E-state index in [2.05, 4.69) is 21.7 Å². The number of nitrogens with zero attached hydrogens (tertiary/aromatic N) is 4. The number of amides is 1. The first-order valence-corrected chi connectivity index (χ1v) is 8.50. The van der Waals surface area contributed by atoms with Crippen molar-refractivity contribution in [1.82, 2.24) is 19.7 Å². The molecule has 0 aliphatic carbocycles. The normalized spacial score (nSPS) is 15.2. The number of aromatic nitrogens is 3. The third-order valence-corrected chi connectivity index (χ3v) is 4.36. The van der Waals surface area contributed by atoms with Crippen molar-refractivity contribution in [3.8, 4) is 0 Å². The Labute approximate surface area is 142 Å². The summed E-state index contributed by atoms with van der Waals surface area (Å²) in [6.45, 7) is 6.97. The Morgan fingerprint density at radius 1 is 1.25 bits per heavy atom. The maximum atomic E-state index is 12.6. The minimum atomic E-state index is -0.158. The molecule has 6 heteroatoms. The molecule has 0 saturated carbocycles. The van der Waals surface area contributed by atoms with Crippen molar-refractivity contribution in [3.05, 3.63) is 47.5 Å². The summed E-state index contributed by atoms with van der Waals surface area (Å²) >= 11 is 0. The molecule has 128 valence electrons. The number of carbonyl (C=O) groups is 1. The van der Waals surface area contributed by atoms with E-state index in [1.54, 1.807) is 0 Å². The van der Waals surface area contributed by atoms with E-state index in [0.717, 1.165) is 30.2 Å². The van der Waals surface area contributed by atoms with Crippen molar-refractivity contribution in [2.45, 2.75) is 40.0 Å². The van der Waals surface area contributed by atoms with Gasteiger partial charge in [0.25, 0.3) is 0 Å². The van der Waals surface area contributed by atoms with E-state index in [1.807, 2.05) is 42.2 Å². The zero-order valence-electron chi connectivity index (χ0n) is 14.3. The molecule has 1 aromatic heterocycles. The van der Waals surface area contributed by atoms with Crippen LogP contribution in [-0.4, -0.2) is 38.7 Å². The number of ether oxygens (including phenoxy) is 1. The van der Waals surface area contributed by atoms with Gasteiger partial charge >= 0.3 is 0 Å². The Balaban J connectivity index is 1.51. The van der Waals surface area contributed by atoms with Crippen LogP contribution < -0.4 is 0 Å². The number of hydrogen-bond acceptors (Lipinski definition) is 4. The van der Waals surface area contributed by atoms with Gasteiger partial charge in [-0.05, 0) is 5.56 Å². The lowest BCUT2D eigenvalue weighted by Gasteiger charge is -2.30. The largest absolute Gasteiger partial charge is 0.376 e. The van der Waals surface area contributed by atoms with Gasteiger partial charge in [0, 0.05) is 19.5 Å². The lowest BCUT2D eigenvalue weighted by Crippen LogP contribution is -2.42. The molecule has 1 amide bonds. The number of hydrogen-bond donors (Lipinski definition) is 0. The van der Waals surface area contributed by atoms with Crippen LogP contribution in [0.3, 0.4) is 0 Å². The standard InChI is InChI=1S/C18H24N4O2/c1-3-16-19-20-17-11-21(9-10-22(16)17)18(23)14(2)12-24-13-15-7-5-4-6-8-15/h4-8,14H,3,9-13H2,1-2H3/t14-/m0/s1. The smallest absolute Gasteiger partial charge is 0.228 e. The van der Waals surface area contributed by atoms with Crippen LogP contribution in [0.25, 0.3) is 0 Å². The average molecular weight is 328 g/mol. The number of carbonyl (C=O) groups excluding carboxylic acids is 1. The number of aryl methyl sites for hydroxylation is 1. The van der Waals surface area contributed by atoms with Crippen molar-refractivity contribution in [3.63, 3.8) is 0 Å². The fraction of sp³-hybridized carbons (Fsp3) is 0.500. The highest BCUT2D eigenvalue weighted by Crippen LogP contribution is 2.16. The Bertz CT molecular complexity index is 684. The molecule has 1 aliphatic heterocycles. The summed E-state index contributed by atoms with van der Waals surface area (Å²) in [7, 11) is 0. The van der Waals surface area contributed by atoms with Gasteiger partial charge < -0.3 is 14.2 Å². The minimum absolute atomic E-state index is 0.121. The predicted octanol–water partition coefficient (Wildman–Crippen LogP) is 2.04. The quantitative estimate of drug-likeness (QED) is 0.814. The van der Waals surface area contributed by atoms with E-state index >= 15 is 0 Å². The lowest BCUT2D eigenvalue weighted by atomic mass is 10.1. The van der Waals surface area contributed by atoms with Crippen molar-refractivity contribution < 1.29 is 9.53 Å². The van der Waals surface area contributed by atoms with Gasteiger partial charge in [-0.25, -0.2) is 0 Å². The first-order chi connectivity index (χ1) is 11.7. The molecule has 1 atom stereocenters. The van der Waals surface area contributed by atoms with E-state index in [-0.39, 0.29) is 11.8 Å². The highest BCUT2D eigenvalue weighted by atomic mass is 16.5. The van der Waals surface area contributed by atoms with E-state index < -0.39 is 0 Å². The molecular formula is C18H24N4O2. The van der Waals surface area contributed by atoms with Crippen LogP contribution in [0.4, 0.5) is 0 Å². The number of fused-ring (bicyclic) bond motifs is 1. The van der Waals surface area contributed by atoms with Crippen molar-refractivity contribution in [2.75, 3.05) is 13.2 Å². The molecular weight excluding hydrogens is 304 g/mol. The molecule has 0 spiro atoms. The second kappa shape index (κ2) is 7.57. The molecule has 0 saturated heterocycles. The first kappa shape index (κ1) is 16.6. The summed E-state index contributed by atoms with van der Waals surface area (Å²) in [6.07, 6.45) is 0.866. The van der Waals surface area contributed by atoms with Crippen LogP contribution in [-0.2, 0) is 35.6 Å². The van der Waals surface area contributed by atoms with Crippen molar-refractivity contribution >= 4 is 5.91 Å². The summed E-state index contributed by atoms with van der Waals surface area (Å²) in [5.74, 6) is 1.84. The maximum absolute atomic E-state index is 12.6. The molecule has 24 heavy (non-hydrogen) atoms. The topological polar surface area (TPSA) is 60.2 Å². The predicted molar refractivity (Wildman–Crippen MR) is 90.1 cm³/mol. The molecule has 0 fully saturated rings. The van der Waals surface area contributed by atoms with E-state index in [4.69, 9.17) is 4.74 Å². The van der Waals surface area contributed by atoms with Gasteiger partial charge in [0.2, 0.25) is 5.91 Å². The van der Waals surface area contributed by atoms with Gasteiger partial charge in [-0.15, -0.1) is 10.2 Å². The van der Waals surface area contributed by atoms with Crippen LogP contribution in [0.1, 0.15) is 31.1 Å². The molecule has 1 aromatic carbocycles. The average Bonchev–Trinajstić information content (AvgIpc) is 3.04. The second-order valence-electron chi connectivity index (χ2n) is 6.20. The summed E-state index contributed by atoms with van der Waals surface area (Å²) in [4.78, 5) is 14.5. The zero-order chi connectivity index (χ0) is 16.9. The van der Waals surface area contributed by atoms with E-state index in [1.165, 1.54) is 0 Å².